The fourth-order valence-electron chi connectivity index (χ4n) is 2.30. The van der Waals surface area contributed by atoms with E-state index in [4.69, 9.17) is 0 Å². The number of alkyl halides is 2. The molecule has 2 rings (SSSR count). The molecule has 0 radical (unpaired) electrons. The van der Waals surface area contributed by atoms with Crippen LogP contribution in [-0.4, -0.2) is 30.4 Å². The van der Waals surface area contributed by atoms with Crippen molar-refractivity contribution in [2.45, 2.75) is 44.9 Å². The summed E-state index contributed by atoms with van der Waals surface area (Å²) in [5.74, 6) is -7.15. The Balaban J connectivity index is 2.43. The molecule has 0 heterocycles. The summed E-state index contributed by atoms with van der Waals surface area (Å²) in [7, 11) is 0. The largest absolute Gasteiger partial charge is 0.428 e. The van der Waals surface area contributed by atoms with Crippen LogP contribution >= 0.6 is 0 Å². The van der Waals surface area contributed by atoms with E-state index in [2.05, 4.69) is 10.1 Å². The van der Waals surface area contributed by atoms with E-state index in [1.807, 2.05) is 0 Å². The number of ketones is 1. The molecule has 1 N–H and O–H groups in total. The fourth-order valence-corrected chi connectivity index (χ4v) is 2.30. The lowest BCUT2D eigenvalue weighted by Gasteiger charge is -2.17. The molecular formula is C16H14F5NO3. The summed E-state index contributed by atoms with van der Waals surface area (Å²) in [6.07, 6.45) is 1.95. The number of carbonyl (C=O) groups is 1. The van der Waals surface area contributed by atoms with E-state index in [1.165, 1.54) is 5.94 Å². The second-order valence-corrected chi connectivity index (χ2v) is 5.49. The first kappa shape index (κ1) is 19.1. The number of rotatable bonds is 8. The minimum atomic E-state index is -3.63. The van der Waals surface area contributed by atoms with Gasteiger partial charge in [0, 0.05) is 12.1 Å². The van der Waals surface area contributed by atoms with Crippen LogP contribution in [0.2, 0.25) is 0 Å². The summed E-state index contributed by atoms with van der Waals surface area (Å²) in [6.45, 7) is -1.98. The molecule has 9 heteroatoms. The molecule has 0 amide bonds. The molecule has 1 saturated carbocycles. The van der Waals surface area contributed by atoms with Gasteiger partial charge in [-0.3, -0.25) is 4.79 Å². The van der Waals surface area contributed by atoms with E-state index in [1.54, 1.807) is 6.92 Å². The zero-order valence-corrected chi connectivity index (χ0v) is 13.0. The normalized spacial score (nSPS) is 15.0. The van der Waals surface area contributed by atoms with Crippen molar-refractivity contribution in [3.8, 4) is 5.75 Å². The average Bonchev–Trinajstić information content (AvgIpc) is 3.38. The molecule has 25 heavy (non-hydrogen) atoms. The minimum absolute atomic E-state index is 0.0913. The first-order valence-corrected chi connectivity index (χ1v) is 7.48. The molecule has 1 atom stereocenters. The van der Waals surface area contributed by atoms with Crippen LogP contribution in [0.5, 0.6) is 5.75 Å². The van der Waals surface area contributed by atoms with E-state index in [-0.39, 0.29) is 18.5 Å². The van der Waals surface area contributed by atoms with Gasteiger partial charge in [-0.2, -0.15) is 13.2 Å². The highest BCUT2D eigenvalue weighted by atomic mass is 19.3. The van der Waals surface area contributed by atoms with Gasteiger partial charge >= 0.3 is 6.61 Å². The average molecular weight is 363 g/mol. The van der Waals surface area contributed by atoms with Gasteiger partial charge in [-0.1, -0.05) is 6.92 Å². The van der Waals surface area contributed by atoms with Gasteiger partial charge in [0.2, 0.25) is 17.3 Å². The van der Waals surface area contributed by atoms with E-state index in [0.29, 0.717) is 0 Å². The highest BCUT2D eigenvalue weighted by Crippen LogP contribution is 2.30. The quantitative estimate of drug-likeness (QED) is 0.253. The van der Waals surface area contributed by atoms with Crippen molar-refractivity contribution in [2.75, 3.05) is 0 Å². The number of Topliss-reactive ketones (excluding diaryl/α,β-unsaturated/α-hetero) is 1. The first-order valence-electron chi connectivity index (χ1n) is 7.48. The Bertz CT molecular complexity index is 727. The summed E-state index contributed by atoms with van der Waals surface area (Å²) in [5.41, 5.74) is -1.61. The Morgan fingerprint density at radius 1 is 1.32 bits per heavy atom. The van der Waals surface area contributed by atoms with Crippen LogP contribution in [0, 0.1) is 17.5 Å². The maximum absolute atomic E-state index is 14.2. The van der Waals surface area contributed by atoms with Crippen molar-refractivity contribution >= 4 is 11.7 Å². The predicted molar refractivity (Wildman–Crippen MR) is 76.7 cm³/mol. The van der Waals surface area contributed by atoms with Crippen LogP contribution in [0.1, 0.15) is 36.5 Å². The molecule has 0 bridgehead atoms. The highest BCUT2D eigenvalue weighted by Gasteiger charge is 2.33. The fraction of sp³-hybridized carbons (Fsp3) is 0.438. The van der Waals surface area contributed by atoms with E-state index < -0.39 is 52.8 Å². The number of benzene rings is 1. The Labute approximate surface area is 139 Å². The molecule has 1 aliphatic carbocycles. The van der Waals surface area contributed by atoms with Crippen LogP contribution in [0.25, 0.3) is 0 Å². The summed E-state index contributed by atoms with van der Waals surface area (Å²) < 4.78 is 69.4. The second kappa shape index (κ2) is 7.76. The van der Waals surface area contributed by atoms with E-state index >= 15 is 0 Å². The third-order valence-electron chi connectivity index (χ3n) is 3.69. The topological polar surface area (TPSA) is 55.4 Å². The van der Waals surface area contributed by atoms with Gasteiger partial charge in [0.15, 0.2) is 11.6 Å². The molecule has 0 aliphatic heterocycles. The Morgan fingerprint density at radius 2 is 1.96 bits per heavy atom. The van der Waals surface area contributed by atoms with Gasteiger partial charge in [-0.15, -0.1) is 0 Å². The van der Waals surface area contributed by atoms with Crippen LogP contribution in [0.4, 0.5) is 22.0 Å². The standard InChI is InChI=1S/C16H14F5NO3/c1-2-11(22-7-3-4-7)9(6-23)14(24)8-5-10(17)13(19)15(12(8)18)25-16(20)21/h5,7,11,16,22H,2-4H2,1H3. The van der Waals surface area contributed by atoms with Crippen LogP contribution in [0.15, 0.2) is 11.6 Å². The lowest BCUT2D eigenvalue weighted by molar-refractivity contribution is -0.0550. The zero-order chi connectivity index (χ0) is 18.7. The molecule has 0 saturated heterocycles. The Morgan fingerprint density at radius 3 is 2.44 bits per heavy atom. The van der Waals surface area contributed by atoms with Gasteiger partial charge in [-0.25, -0.2) is 13.6 Å². The van der Waals surface area contributed by atoms with Gasteiger partial charge < -0.3 is 10.1 Å². The number of halogens is 5. The highest BCUT2D eigenvalue weighted by molar-refractivity contribution is 6.14. The molecule has 1 aliphatic rings. The molecule has 0 aromatic heterocycles. The van der Waals surface area contributed by atoms with Gasteiger partial charge in [0.25, 0.3) is 0 Å². The molecule has 1 aromatic carbocycles. The molecule has 1 unspecified atom stereocenters. The van der Waals surface area contributed by atoms with Crippen molar-refractivity contribution < 1.29 is 36.3 Å². The maximum atomic E-state index is 14.2. The number of hydrogen-bond donors (Lipinski definition) is 1. The van der Waals surface area contributed by atoms with E-state index in [9.17, 15) is 31.5 Å². The minimum Gasteiger partial charge on any atom is -0.428 e. The maximum Gasteiger partial charge on any atom is 0.387 e. The van der Waals surface area contributed by atoms with Crippen molar-refractivity contribution in [3.63, 3.8) is 0 Å². The Kier molecular flexibility index (Phi) is 5.92. The first-order chi connectivity index (χ1) is 11.8. The Hall–Kier alpha value is -2.25. The van der Waals surface area contributed by atoms with Crippen LogP contribution in [-0.2, 0) is 4.79 Å². The van der Waals surface area contributed by atoms with Crippen molar-refractivity contribution in [1.29, 1.82) is 0 Å². The molecule has 136 valence electrons. The lowest BCUT2D eigenvalue weighted by Crippen LogP contribution is -2.35. The lowest BCUT2D eigenvalue weighted by atomic mass is 9.96. The van der Waals surface area contributed by atoms with Gasteiger partial charge in [0.1, 0.15) is 11.5 Å². The third-order valence-corrected chi connectivity index (χ3v) is 3.69. The SMILES string of the molecule is CCC(NC1CC1)C(=C=O)C(=O)c1cc(F)c(F)c(OC(F)F)c1F. The number of carbonyl (C=O) groups excluding carboxylic acids is 2. The second-order valence-electron chi connectivity index (χ2n) is 5.49. The number of nitrogens with one attached hydrogen (secondary N) is 1. The van der Waals surface area contributed by atoms with Gasteiger partial charge in [-0.05, 0) is 25.3 Å². The molecule has 1 aromatic rings. The predicted octanol–water partition coefficient (Wildman–Crippen LogP) is 3.18. The summed E-state index contributed by atoms with van der Waals surface area (Å²) in [5, 5.41) is 2.97. The third kappa shape index (κ3) is 4.24. The summed E-state index contributed by atoms with van der Waals surface area (Å²) in [4.78, 5) is 23.6. The molecule has 0 spiro atoms. The smallest absolute Gasteiger partial charge is 0.387 e. The number of hydrogen-bond acceptors (Lipinski definition) is 4. The van der Waals surface area contributed by atoms with Crippen molar-refractivity contribution in [3.05, 3.63) is 34.7 Å². The zero-order valence-electron chi connectivity index (χ0n) is 13.0. The van der Waals surface area contributed by atoms with Crippen LogP contribution < -0.4 is 10.1 Å². The number of ether oxygens (including phenoxy) is 1. The molecule has 1 fully saturated rings. The van der Waals surface area contributed by atoms with Gasteiger partial charge in [0.05, 0.1) is 5.56 Å². The van der Waals surface area contributed by atoms with Crippen LogP contribution in [0.3, 0.4) is 0 Å². The van der Waals surface area contributed by atoms with Crippen molar-refractivity contribution in [1.82, 2.24) is 5.32 Å². The van der Waals surface area contributed by atoms with E-state index in [0.717, 1.165) is 12.8 Å². The van der Waals surface area contributed by atoms with Crippen molar-refractivity contribution in [2.24, 2.45) is 0 Å². The molecule has 4 nitrogen and oxygen atoms in total. The summed E-state index contributed by atoms with van der Waals surface area (Å²) in [6, 6.07) is -0.481. The molecular weight excluding hydrogens is 349 g/mol. The summed E-state index contributed by atoms with van der Waals surface area (Å²) >= 11 is 0. The monoisotopic (exact) mass is 363 g/mol.